The van der Waals surface area contributed by atoms with Gasteiger partial charge in [0.25, 0.3) is 0 Å². The van der Waals surface area contributed by atoms with Gasteiger partial charge in [0.05, 0.1) is 26.9 Å². The molecule has 1 N–H and O–H groups in total. The first kappa shape index (κ1) is 17.5. The first-order valence-electron chi connectivity index (χ1n) is 8.22. The predicted octanol–water partition coefficient (Wildman–Crippen LogP) is 3.55. The Morgan fingerprint density at radius 1 is 1.04 bits per heavy atom. The number of carbonyl (C=O) groups excluding carboxylic acids is 1. The van der Waals surface area contributed by atoms with Crippen molar-refractivity contribution in [3.8, 4) is 11.5 Å². The largest absolute Gasteiger partial charge is 0.497 e. The topological polar surface area (TPSA) is 59.9 Å². The van der Waals surface area contributed by atoms with Crippen LogP contribution in [-0.2, 0) is 11.2 Å². The molecule has 0 spiro atoms. The van der Waals surface area contributed by atoms with Crippen LogP contribution in [0.5, 0.6) is 11.5 Å². The summed E-state index contributed by atoms with van der Waals surface area (Å²) >= 11 is 0. The molecule has 0 saturated carbocycles. The Labute approximate surface area is 152 Å². The summed E-state index contributed by atoms with van der Waals surface area (Å²) in [6.07, 6.45) is 1.82. The third kappa shape index (κ3) is 4.00. The fourth-order valence-corrected chi connectivity index (χ4v) is 2.76. The maximum atomic E-state index is 12.2. The van der Waals surface area contributed by atoms with E-state index in [0.29, 0.717) is 11.5 Å². The molecule has 132 valence electrons. The van der Waals surface area contributed by atoms with Gasteiger partial charge in [-0.25, -0.2) is 5.43 Å². The highest BCUT2D eigenvalue weighted by molar-refractivity contribution is 5.91. The second-order valence-corrected chi connectivity index (χ2v) is 5.72. The Morgan fingerprint density at radius 3 is 2.65 bits per heavy atom. The lowest BCUT2D eigenvalue weighted by Gasteiger charge is -2.07. The number of fused-ring (bicyclic) bond motifs is 1. The third-order valence-electron chi connectivity index (χ3n) is 4.06. The zero-order valence-corrected chi connectivity index (χ0v) is 14.7. The van der Waals surface area contributed by atoms with Gasteiger partial charge in [0, 0.05) is 11.6 Å². The smallest absolute Gasteiger partial charge is 0.244 e. The fourth-order valence-electron chi connectivity index (χ4n) is 2.76. The van der Waals surface area contributed by atoms with Crippen molar-refractivity contribution in [3.05, 3.63) is 71.8 Å². The highest BCUT2D eigenvalue weighted by Crippen LogP contribution is 2.23. The zero-order chi connectivity index (χ0) is 18.4. The van der Waals surface area contributed by atoms with E-state index < -0.39 is 0 Å². The molecular weight excluding hydrogens is 328 g/mol. The minimum absolute atomic E-state index is 0.176. The Balaban J connectivity index is 1.68. The van der Waals surface area contributed by atoms with Crippen LogP contribution in [-0.4, -0.2) is 26.3 Å². The molecule has 5 heteroatoms. The molecule has 0 aliphatic carbocycles. The molecule has 0 radical (unpaired) electrons. The second-order valence-electron chi connectivity index (χ2n) is 5.72. The van der Waals surface area contributed by atoms with E-state index in [1.165, 1.54) is 0 Å². The van der Waals surface area contributed by atoms with Gasteiger partial charge >= 0.3 is 0 Å². The van der Waals surface area contributed by atoms with Crippen LogP contribution in [0.3, 0.4) is 0 Å². The first-order chi connectivity index (χ1) is 12.7. The molecule has 0 unspecified atom stereocenters. The molecule has 0 fully saturated rings. The van der Waals surface area contributed by atoms with E-state index in [1.807, 2.05) is 54.6 Å². The summed E-state index contributed by atoms with van der Waals surface area (Å²) in [6, 6.07) is 19.3. The van der Waals surface area contributed by atoms with Crippen molar-refractivity contribution in [3.63, 3.8) is 0 Å². The van der Waals surface area contributed by atoms with E-state index in [1.54, 1.807) is 26.5 Å². The zero-order valence-electron chi connectivity index (χ0n) is 14.7. The highest BCUT2D eigenvalue weighted by Gasteiger charge is 2.06. The number of methoxy groups -OCH3 is 2. The van der Waals surface area contributed by atoms with Crippen LogP contribution in [0.15, 0.2) is 65.8 Å². The average molecular weight is 348 g/mol. The lowest BCUT2D eigenvalue weighted by atomic mass is 10.0. The van der Waals surface area contributed by atoms with E-state index >= 15 is 0 Å². The third-order valence-corrected chi connectivity index (χ3v) is 4.06. The lowest BCUT2D eigenvalue weighted by molar-refractivity contribution is -0.120. The standard InChI is InChI=1S/C21H20N2O3/c1-25-18-11-10-17(20(13-18)26-2)14-22-23-21(24)12-16-8-5-7-15-6-3-4-9-19(15)16/h3-11,13-14H,12H2,1-2H3,(H,23,24)/b22-14-. The minimum atomic E-state index is -0.176. The fraction of sp³-hybridized carbons (Fsp3) is 0.143. The molecule has 0 saturated heterocycles. The van der Waals surface area contributed by atoms with Gasteiger partial charge in [0.15, 0.2) is 0 Å². The molecule has 3 rings (SSSR count). The lowest BCUT2D eigenvalue weighted by Crippen LogP contribution is -2.19. The van der Waals surface area contributed by atoms with Crippen LogP contribution in [0.2, 0.25) is 0 Å². The minimum Gasteiger partial charge on any atom is -0.497 e. The van der Waals surface area contributed by atoms with Crippen LogP contribution >= 0.6 is 0 Å². The molecule has 26 heavy (non-hydrogen) atoms. The van der Waals surface area contributed by atoms with E-state index in [9.17, 15) is 4.79 Å². The van der Waals surface area contributed by atoms with E-state index in [0.717, 1.165) is 21.9 Å². The number of hydrogen-bond acceptors (Lipinski definition) is 4. The first-order valence-corrected chi connectivity index (χ1v) is 8.22. The highest BCUT2D eigenvalue weighted by atomic mass is 16.5. The van der Waals surface area contributed by atoms with Gasteiger partial charge in [-0.15, -0.1) is 0 Å². The van der Waals surface area contributed by atoms with Crippen molar-refractivity contribution in [2.75, 3.05) is 14.2 Å². The van der Waals surface area contributed by atoms with Gasteiger partial charge in [-0.1, -0.05) is 42.5 Å². The van der Waals surface area contributed by atoms with Crippen LogP contribution < -0.4 is 14.9 Å². The number of hydrogen-bond donors (Lipinski definition) is 1. The van der Waals surface area contributed by atoms with Gasteiger partial charge in [-0.05, 0) is 28.5 Å². The summed E-state index contributed by atoms with van der Waals surface area (Å²) in [6.45, 7) is 0. The SMILES string of the molecule is COc1ccc(/C=N\NC(=O)Cc2cccc3ccccc23)c(OC)c1. The maximum Gasteiger partial charge on any atom is 0.244 e. The molecule has 0 aliphatic rings. The van der Waals surface area contributed by atoms with Gasteiger partial charge < -0.3 is 9.47 Å². The monoisotopic (exact) mass is 348 g/mol. The predicted molar refractivity (Wildman–Crippen MR) is 103 cm³/mol. The Hall–Kier alpha value is -3.34. The molecule has 0 aromatic heterocycles. The van der Waals surface area contributed by atoms with E-state index in [2.05, 4.69) is 10.5 Å². The molecule has 3 aromatic rings. The number of benzene rings is 3. The molecule has 0 bridgehead atoms. The van der Waals surface area contributed by atoms with Crippen molar-refractivity contribution in [1.82, 2.24) is 5.43 Å². The summed E-state index contributed by atoms with van der Waals surface area (Å²) < 4.78 is 10.5. The van der Waals surface area contributed by atoms with Crippen LogP contribution in [0.25, 0.3) is 10.8 Å². The summed E-state index contributed by atoms with van der Waals surface area (Å²) in [7, 11) is 3.17. The van der Waals surface area contributed by atoms with Crippen molar-refractivity contribution >= 4 is 22.9 Å². The Bertz CT molecular complexity index is 946. The second kappa shape index (κ2) is 8.16. The molecule has 5 nitrogen and oxygen atoms in total. The summed E-state index contributed by atoms with van der Waals surface area (Å²) in [5, 5.41) is 6.23. The summed E-state index contributed by atoms with van der Waals surface area (Å²) in [4.78, 5) is 12.2. The summed E-state index contributed by atoms with van der Waals surface area (Å²) in [5.41, 5.74) is 4.29. The number of rotatable bonds is 6. The van der Waals surface area contributed by atoms with Gasteiger partial charge in [0.2, 0.25) is 5.91 Å². The Kier molecular flexibility index (Phi) is 5.49. The van der Waals surface area contributed by atoms with Crippen LogP contribution in [0.1, 0.15) is 11.1 Å². The Morgan fingerprint density at radius 2 is 1.85 bits per heavy atom. The van der Waals surface area contributed by atoms with Gasteiger partial charge in [0.1, 0.15) is 11.5 Å². The number of nitrogens with zero attached hydrogens (tertiary/aromatic N) is 1. The molecule has 0 aliphatic heterocycles. The van der Waals surface area contributed by atoms with Crippen LogP contribution in [0.4, 0.5) is 0 Å². The summed E-state index contributed by atoms with van der Waals surface area (Å²) in [5.74, 6) is 1.14. The quantitative estimate of drug-likeness (QED) is 0.547. The normalized spacial score (nSPS) is 10.8. The number of nitrogens with one attached hydrogen (secondary N) is 1. The number of carbonyl (C=O) groups is 1. The number of ether oxygens (including phenoxy) is 2. The van der Waals surface area contributed by atoms with Gasteiger partial charge in [-0.2, -0.15) is 5.10 Å². The molecule has 0 heterocycles. The molecule has 0 atom stereocenters. The van der Waals surface area contributed by atoms with Crippen molar-refractivity contribution in [1.29, 1.82) is 0 Å². The molecule has 3 aromatic carbocycles. The van der Waals surface area contributed by atoms with Crippen molar-refractivity contribution in [2.45, 2.75) is 6.42 Å². The number of amides is 1. The van der Waals surface area contributed by atoms with E-state index in [4.69, 9.17) is 9.47 Å². The van der Waals surface area contributed by atoms with Crippen molar-refractivity contribution in [2.24, 2.45) is 5.10 Å². The number of hydrazone groups is 1. The molecule has 1 amide bonds. The maximum absolute atomic E-state index is 12.2. The van der Waals surface area contributed by atoms with Crippen LogP contribution in [0, 0.1) is 0 Å². The molecular formula is C21H20N2O3. The van der Waals surface area contributed by atoms with Gasteiger partial charge in [-0.3, -0.25) is 4.79 Å². The van der Waals surface area contributed by atoms with E-state index in [-0.39, 0.29) is 12.3 Å². The van der Waals surface area contributed by atoms with Crippen molar-refractivity contribution < 1.29 is 14.3 Å². The average Bonchev–Trinajstić information content (AvgIpc) is 2.68.